The van der Waals surface area contributed by atoms with Gasteiger partial charge in [0.05, 0.1) is 12.1 Å². The Kier molecular flexibility index (Phi) is 5.81. The van der Waals surface area contributed by atoms with E-state index >= 15 is 0 Å². The van der Waals surface area contributed by atoms with Crippen molar-refractivity contribution in [2.24, 2.45) is 5.92 Å². The third-order valence-corrected chi connectivity index (χ3v) is 5.10. The van der Waals surface area contributed by atoms with Gasteiger partial charge in [0.15, 0.2) is 0 Å². The van der Waals surface area contributed by atoms with Crippen molar-refractivity contribution >= 4 is 29.1 Å². The van der Waals surface area contributed by atoms with Crippen LogP contribution in [0.25, 0.3) is 0 Å². The lowest BCUT2D eigenvalue weighted by atomic mass is 9.95. The van der Waals surface area contributed by atoms with E-state index < -0.39 is 0 Å². The Morgan fingerprint density at radius 3 is 2.64 bits per heavy atom. The maximum atomic E-state index is 12.5. The number of benzene rings is 1. The maximum Gasteiger partial charge on any atom is 0.251 e. The second-order valence-corrected chi connectivity index (χ2v) is 6.85. The number of hydrogen-bond acceptors (Lipinski definition) is 4. The summed E-state index contributed by atoms with van der Waals surface area (Å²) in [6, 6.07) is 5.16. The largest absolute Gasteiger partial charge is 0.495 e. The molecule has 0 aromatic heterocycles. The molecular weight excluding hydrogens is 344 g/mol. The van der Waals surface area contributed by atoms with Crippen LogP contribution in [0.1, 0.15) is 25.7 Å². The SMILES string of the molecule is COc1ccc(NC(=O)C2CCN(C(=O)C3CCCO3)CC2)cc1Cl. The Morgan fingerprint density at radius 2 is 2.04 bits per heavy atom. The number of rotatable bonds is 4. The van der Waals surface area contributed by atoms with E-state index in [0.29, 0.717) is 49.0 Å². The molecule has 0 radical (unpaired) electrons. The highest BCUT2D eigenvalue weighted by Crippen LogP contribution is 2.28. The van der Waals surface area contributed by atoms with Crippen LogP contribution in [-0.2, 0) is 14.3 Å². The first-order valence-electron chi connectivity index (χ1n) is 8.63. The molecule has 2 aliphatic heterocycles. The number of carbonyl (C=O) groups is 2. The first-order chi connectivity index (χ1) is 12.1. The highest BCUT2D eigenvalue weighted by Gasteiger charge is 2.32. The number of likely N-dealkylation sites (tertiary alicyclic amines) is 1. The monoisotopic (exact) mass is 366 g/mol. The molecule has 1 unspecified atom stereocenters. The summed E-state index contributed by atoms with van der Waals surface area (Å²) in [4.78, 5) is 26.6. The zero-order chi connectivity index (χ0) is 17.8. The predicted octanol–water partition coefficient (Wildman–Crippen LogP) is 2.70. The van der Waals surface area contributed by atoms with E-state index in [1.165, 1.54) is 0 Å². The van der Waals surface area contributed by atoms with Crippen LogP contribution in [0.2, 0.25) is 5.02 Å². The topological polar surface area (TPSA) is 67.9 Å². The molecule has 1 atom stereocenters. The number of nitrogens with zero attached hydrogens (tertiary/aromatic N) is 1. The molecule has 2 heterocycles. The molecule has 1 aromatic rings. The fraction of sp³-hybridized carbons (Fsp3) is 0.556. The Hall–Kier alpha value is -1.79. The van der Waals surface area contributed by atoms with Gasteiger partial charge in [0.25, 0.3) is 5.91 Å². The average Bonchev–Trinajstić information content (AvgIpc) is 3.16. The summed E-state index contributed by atoms with van der Waals surface area (Å²) in [5.74, 6) is 0.499. The van der Waals surface area contributed by atoms with Crippen molar-refractivity contribution in [3.05, 3.63) is 23.2 Å². The number of ether oxygens (including phenoxy) is 2. The van der Waals surface area contributed by atoms with Gasteiger partial charge in [0.2, 0.25) is 5.91 Å². The summed E-state index contributed by atoms with van der Waals surface area (Å²) in [6.45, 7) is 1.86. The Morgan fingerprint density at radius 1 is 1.28 bits per heavy atom. The highest BCUT2D eigenvalue weighted by molar-refractivity contribution is 6.32. The Bertz CT molecular complexity index is 638. The van der Waals surface area contributed by atoms with Crippen LogP contribution >= 0.6 is 11.6 Å². The molecule has 2 fully saturated rings. The number of carbonyl (C=O) groups excluding carboxylic acids is 2. The Labute approximate surface area is 152 Å². The molecule has 136 valence electrons. The van der Waals surface area contributed by atoms with Gasteiger partial charge in [0, 0.05) is 31.3 Å². The van der Waals surface area contributed by atoms with Crippen molar-refractivity contribution in [3.63, 3.8) is 0 Å². The van der Waals surface area contributed by atoms with Crippen LogP contribution < -0.4 is 10.1 Å². The maximum absolute atomic E-state index is 12.5. The molecule has 7 heteroatoms. The highest BCUT2D eigenvalue weighted by atomic mass is 35.5. The minimum atomic E-state index is -0.285. The van der Waals surface area contributed by atoms with Gasteiger partial charge in [-0.1, -0.05) is 11.6 Å². The summed E-state index contributed by atoms with van der Waals surface area (Å²) >= 11 is 6.08. The summed E-state index contributed by atoms with van der Waals surface area (Å²) in [5.41, 5.74) is 0.647. The van der Waals surface area contributed by atoms with Gasteiger partial charge in [0.1, 0.15) is 11.9 Å². The van der Waals surface area contributed by atoms with E-state index in [1.54, 1.807) is 25.3 Å². The van der Waals surface area contributed by atoms with E-state index in [4.69, 9.17) is 21.1 Å². The molecular formula is C18H23ClN2O4. The third kappa shape index (κ3) is 4.25. The molecule has 1 N–H and O–H groups in total. The lowest BCUT2D eigenvalue weighted by Gasteiger charge is -2.32. The first kappa shape index (κ1) is 18.0. The molecule has 6 nitrogen and oxygen atoms in total. The number of piperidine rings is 1. The van der Waals surface area contributed by atoms with Gasteiger partial charge in [-0.15, -0.1) is 0 Å². The lowest BCUT2D eigenvalue weighted by Crippen LogP contribution is -2.45. The fourth-order valence-electron chi connectivity index (χ4n) is 3.33. The first-order valence-corrected chi connectivity index (χ1v) is 9.01. The number of methoxy groups -OCH3 is 1. The summed E-state index contributed by atoms with van der Waals surface area (Å²) in [5, 5.41) is 3.35. The number of nitrogens with one attached hydrogen (secondary N) is 1. The van der Waals surface area contributed by atoms with Crippen LogP contribution in [0.15, 0.2) is 18.2 Å². The van der Waals surface area contributed by atoms with Crippen LogP contribution in [-0.4, -0.2) is 49.6 Å². The Balaban J connectivity index is 1.51. The molecule has 3 rings (SSSR count). The number of halogens is 1. The van der Waals surface area contributed by atoms with Crippen LogP contribution in [0.4, 0.5) is 5.69 Å². The van der Waals surface area contributed by atoms with Gasteiger partial charge in [-0.05, 0) is 43.9 Å². The molecule has 0 bridgehead atoms. The fourth-order valence-corrected chi connectivity index (χ4v) is 3.58. The molecule has 25 heavy (non-hydrogen) atoms. The molecule has 0 aliphatic carbocycles. The molecule has 0 saturated carbocycles. The van der Waals surface area contributed by atoms with Crippen LogP contribution in [0.5, 0.6) is 5.75 Å². The van der Waals surface area contributed by atoms with E-state index in [0.717, 1.165) is 12.8 Å². The number of anilines is 1. The minimum absolute atomic E-state index is 0.0366. The normalized spacial score (nSPS) is 21.2. The standard InChI is InChI=1S/C18H23ClN2O4/c1-24-15-5-4-13(11-14(15)19)20-17(22)12-6-8-21(9-7-12)18(23)16-3-2-10-25-16/h4-5,11-12,16H,2-3,6-10H2,1H3,(H,20,22). The van der Waals surface area contributed by atoms with Crippen molar-refractivity contribution in [1.82, 2.24) is 4.90 Å². The lowest BCUT2D eigenvalue weighted by molar-refractivity contribution is -0.143. The van der Waals surface area contributed by atoms with Crippen molar-refractivity contribution in [2.75, 3.05) is 32.1 Å². The zero-order valence-electron chi connectivity index (χ0n) is 14.3. The molecule has 1 aromatic carbocycles. The molecule has 2 aliphatic rings. The number of amides is 2. The second-order valence-electron chi connectivity index (χ2n) is 6.44. The quantitative estimate of drug-likeness (QED) is 0.889. The number of hydrogen-bond donors (Lipinski definition) is 1. The summed E-state index contributed by atoms with van der Waals surface area (Å²) < 4.78 is 10.6. The molecule has 2 saturated heterocycles. The third-order valence-electron chi connectivity index (χ3n) is 4.80. The van der Waals surface area contributed by atoms with Crippen molar-refractivity contribution in [2.45, 2.75) is 31.8 Å². The van der Waals surface area contributed by atoms with E-state index in [-0.39, 0.29) is 23.8 Å². The van der Waals surface area contributed by atoms with Crippen LogP contribution in [0.3, 0.4) is 0 Å². The molecule has 2 amide bonds. The smallest absolute Gasteiger partial charge is 0.251 e. The summed E-state index contributed by atoms with van der Waals surface area (Å²) in [6.07, 6.45) is 2.78. The van der Waals surface area contributed by atoms with Crippen molar-refractivity contribution in [3.8, 4) is 5.75 Å². The van der Waals surface area contributed by atoms with E-state index in [2.05, 4.69) is 5.32 Å². The van der Waals surface area contributed by atoms with Gasteiger partial charge >= 0.3 is 0 Å². The van der Waals surface area contributed by atoms with Gasteiger partial charge < -0.3 is 19.7 Å². The van der Waals surface area contributed by atoms with Crippen molar-refractivity contribution in [1.29, 1.82) is 0 Å². The van der Waals surface area contributed by atoms with E-state index in [1.807, 2.05) is 4.90 Å². The molecule has 0 spiro atoms. The van der Waals surface area contributed by atoms with Gasteiger partial charge in [-0.3, -0.25) is 9.59 Å². The van der Waals surface area contributed by atoms with E-state index in [9.17, 15) is 9.59 Å². The van der Waals surface area contributed by atoms with Crippen LogP contribution in [0, 0.1) is 5.92 Å². The average molecular weight is 367 g/mol. The second kappa shape index (κ2) is 8.06. The minimum Gasteiger partial charge on any atom is -0.495 e. The van der Waals surface area contributed by atoms with Gasteiger partial charge in [-0.2, -0.15) is 0 Å². The zero-order valence-corrected chi connectivity index (χ0v) is 15.1. The van der Waals surface area contributed by atoms with Crippen molar-refractivity contribution < 1.29 is 19.1 Å². The predicted molar refractivity (Wildman–Crippen MR) is 94.9 cm³/mol. The summed E-state index contributed by atoms with van der Waals surface area (Å²) in [7, 11) is 1.55. The van der Waals surface area contributed by atoms with Gasteiger partial charge in [-0.25, -0.2) is 0 Å².